The molecule has 4 aromatic rings. The molecule has 5 rings (SSSR count). The summed E-state index contributed by atoms with van der Waals surface area (Å²) in [6, 6.07) is 16.4. The zero-order valence-electron chi connectivity index (χ0n) is 16.5. The third kappa shape index (κ3) is 3.77. The highest BCUT2D eigenvalue weighted by Crippen LogP contribution is 2.25. The number of carbonyl (C=O) groups excluding carboxylic acids is 2. The van der Waals surface area contributed by atoms with Crippen LogP contribution in [-0.2, 0) is 24.3 Å². The second kappa shape index (κ2) is 7.88. The monoisotopic (exact) mass is 433 g/mol. The van der Waals surface area contributed by atoms with Gasteiger partial charge in [-0.3, -0.25) is 14.2 Å². The SMILES string of the molecule is O=C(Cn1c(=O)oc2ccccc21)Nc1ccc2c(c1)CN(C(=O)c1cccs1)CC2. The lowest BCUT2D eigenvalue weighted by atomic mass is 9.99. The molecule has 1 aliphatic rings. The molecule has 2 aromatic carbocycles. The Morgan fingerprint density at radius 2 is 1.94 bits per heavy atom. The molecular weight excluding hydrogens is 414 g/mol. The Morgan fingerprint density at radius 1 is 1.06 bits per heavy atom. The molecule has 0 atom stereocenters. The van der Waals surface area contributed by atoms with E-state index in [1.54, 1.807) is 24.3 Å². The fourth-order valence-corrected chi connectivity index (χ4v) is 4.56. The first kappa shape index (κ1) is 19.3. The van der Waals surface area contributed by atoms with Crippen LogP contribution in [0, 0.1) is 0 Å². The van der Waals surface area contributed by atoms with Gasteiger partial charge in [0.05, 0.1) is 10.4 Å². The van der Waals surface area contributed by atoms with Crippen molar-refractivity contribution in [3.63, 3.8) is 0 Å². The van der Waals surface area contributed by atoms with Crippen molar-refractivity contribution in [1.82, 2.24) is 9.47 Å². The van der Waals surface area contributed by atoms with Gasteiger partial charge < -0.3 is 14.6 Å². The van der Waals surface area contributed by atoms with E-state index in [0.717, 1.165) is 16.9 Å². The number of benzene rings is 2. The van der Waals surface area contributed by atoms with E-state index in [0.29, 0.717) is 29.9 Å². The molecule has 0 unspecified atom stereocenters. The van der Waals surface area contributed by atoms with Crippen molar-refractivity contribution in [2.24, 2.45) is 0 Å². The maximum atomic E-state index is 12.7. The minimum absolute atomic E-state index is 0.0290. The van der Waals surface area contributed by atoms with Crippen LogP contribution in [0.1, 0.15) is 20.8 Å². The predicted octanol–water partition coefficient (Wildman–Crippen LogP) is 3.49. The molecule has 1 N–H and O–H groups in total. The molecule has 3 heterocycles. The standard InChI is InChI=1S/C23H19N3O4S/c27-21(14-26-18-4-1-2-5-19(18)30-23(26)29)24-17-8-7-15-9-10-25(13-16(15)12-17)22(28)20-6-3-11-31-20/h1-8,11-12H,9-10,13-14H2,(H,24,27). The number of para-hydroxylation sites is 2. The van der Waals surface area contributed by atoms with E-state index >= 15 is 0 Å². The first-order chi connectivity index (χ1) is 15.1. The first-order valence-electron chi connectivity index (χ1n) is 9.91. The Kier molecular flexibility index (Phi) is 4.91. The summed E-state index contributed by atoms with van der Waals surface area (Å²) in [5.41, 5.74) is 3.85. The van der Waals surface area contributed by atoms with Crippen LogP contribution in [0.5, 0.6) is 0 Å². The molecule has 1 aliphatic heterocycles. The molecule has 31 heavy (non-hydrogen) atoms. The molecule has 2 amide bonds. The maximum absolute atomic E-state index is 12.7. The third-order valence-electron chi connectivity index (χ3n) is 5.40. The largest absolute Gasteiger partial charge is 0.420 e. The highest BCUT2D eigenvalue weighted by atomic mass is 32.1. The molecule has 8 heteroatoms. The highest BCUT2D eigenvalue weighted by molar-refractivity contribution is 7.12. The van der Waals surface area contributed by atoms with E-state index in [9.17, 15) is 14.4 Å². The number of fused-ring (bicyclic) bond motifs is 2. The van der Waals surface area contributed by atoms with Crippen LogP contribution >= 0.6 is 11.3 Å². The summed E-state index contributed by atoms with van der Waals surface area (Å²) in [6.07, 6.45) is 0.775. The van der Waals surface area contributed by atoms with Crippen LogP contribution in [0.25, 0.3) is 11.1 Å². The normalized spacial score (nSPS) is 13.2. The van der Waals surface area contributed by atoms with E-state index in [1.165, 1.54) is 21.5 Å². The lowest BCUT2D eigenvalue weighted by molar-refractivity contribution is -0.116. The number of hydrogen-bond donors (Lipinski definition) is 1. The van der Waals surface area contributed by atoms with Gasteiger partial charge in [0.1, 0.15) is 6.54 Å². The smallest absolute Gasteiger partial charge is 0.408 e. The van der Waals surface area contributed by atoms with Crippen LogP contribution in [0.4, 0.5) is 5.69 Å². The Hall–Kier alpha value is -3.65. The summed E-state index contributed by atoms with van der Waals surface area (Å²) in [5.74, 6) is -0.859. The summed E-state index contributed by atoms with van der Waals surface area (Å²) in [7, 11) is 0. The van der Waals surface area contributed by atoms with Crippen LogP contribution in [0.3, 0.4) is 0 Å². The van der Waals surface area contributed by atoms with E-state index in [1.807, 2.05) is 40.6 Å². The van der Waals surface area contributed by atoms with Gasteiger partial charge in [0.2, 0.25) is 5.91 Å². The number of nitrogens with zero attached hydrogens (tertiary/aromatic N) is 2. The van der Waals surface area contributed by atoms with Crippen LogP contribution < -0.4 is 11.1 Å². The van der Waals surface area contributed by atoms with Crippen molar-refractivity contribution in [2.75, 3.05) is 11.9 Å². The van der Waals surface area contributed by atoms with Gasteiger partial charge in [0, 0.05) is 18.8 Å². The quantitative estimate of drug-likeness (QED) is 0.534. The fraction of sp³-hybridized carbons (Fsp3) is 0.174. The van der Waals surface area contributed by atoms with Gasteiger partial charge in [-0.1, -0.05) is 24.3 Å². The molecular formula is C23H19N3O4S. The van der Waals surface area contributed by atoms with Gasteiger partial charge in [-0.15, -0.1) is 11.3 Å². The summed E-state index contributed by atoms with van der Waals surface area (Å²) in [6.45, 7) is 1.03. The number of rotatable bonds is 4. The summed E-state index contributed by atoms with van der Waals surface area (Å²) in [5, 5.41) is 4.75. The minimum atomic E-state index is -0.565. The van der Waals surface area contributed by atoms with Crippen molar-refractivity contribution >= 4 is 39.9 Å². The molecule has 0 saturated heterocycles. The molecule has 7 nitrogen and oxygen atoms in total. The Labute approximate surface area is 181 Å². The third-order valence-corrected chi connectivity index (χ3v) is 6.25. The highest BCUT2D eigenvalue weighted by Gasteiger charge is 2.23. The molecule has 0 radical (unpaired) electrons. The average Bonchev–Trinajstić information content (AvgIpc) is 3.41. The molecule has 0 spiro atoms. The lowest BCUT2D eigenvalue weighted by Crippen LogP contribution is -2.35. The van der Waals surface area contributed by atoms with Gasteiger partial charge >= 0.3 is 5.76 Å². The van der Waals surface area contributed by atoms with Crippen LogP contribution in [0.2, 0.25) is 0 Å². The fourth-order valence-electron chi connectivity index (χ4n) is 3.87. The number of hydrogen-bond acceptors (Lipinski definition) is 5. The summed E-state index contributed by atoms with van der Waals surface area (Å²) < 4.78 is 6.49. The van der Waals surface area contributed by atoms with Crippen molar-refractivity contribution in [3.05, 3.63) is 86.5 Å². The van der Waals surface area contributed by atoms with Crippen molar-refractivity contribution < 1.29 is 14.0 Å². The minimum Gasteiger partial charge on any atom is -0.408 e. The lowest BCUT2D eigenvalue weighted by Gasteiger charge is -2.29. The van der Waals surface area contributed by atoms with Crippen molar-refractivity contribution in [3.8, 4) is 0 Å². The molecule has 0 bridgehead atoms. The second-order valence-corrected chi connectivity index (χ2v) is 8.36. The van der Waals surface area contributed by atoms with Gasteiger partial charge in [0.15, 0.2) is 5.58 Å². The number of aromatic nitrogens is 1. The predicted molar refractivity (Wildman–Crippen MR) is 118 cm³/mol. The molecule has 0 fully saturated rings. The van der Waals surface area contributed by atoms with Crippen LogP contribution in [-0.4, -0.2) is 27.8 Å². The zero-order chi connectivity index (χ0) is 21.4. The molecule has 0 saturated carbocycles. The number of thiophene rings is 1. The van der Waals surface area contributed by atoms with Crippen molar-refractivity contribution in [1.29, 1.82) is 0 Å². The van der Waals surface area contributed by atoms with Crippen LogP contribution in [0.15, 0.2) is 69.2 Å². The Balaban J connectivity index is 1.31. The number of oxazole rings is 1. The van der Waals surface area contributed by atoms with E-state index in [2.05, 4.69) is 5.32 Å². The van der Waals surface area contributed by atoms with Gasteiger partial charge in [0.25, 0.3) is 5.91 Å². The summed E-state index contributed by atoms with van der Waals surface area (Å²) in [4.78, 5) is 39.9. The van der Waals surface area contributed by atoms with E-state index < -0.39 is 5.76 Å². The second-order valence-electron chi connectivity index (χ2n) is 7.41. The molecule has 156 valence electrons. The maximum Gasteiger partial charge on any atom is 0.420 e. The number of anilines is 1. The Bertz CT molecular complexity index is 1340. The zero-order valence-corrected chi connectivity index (χ0v) is 17.4. The van der Waals surface area contributed by atoms with E-state index in [4.69, 9.17) is 4.42 Å². The van der Waals surface area contributed by atoms with E-state index in [-0.39, 0.29) is 18.4 Å². The van der Waals surface area contributed by atoms with Gasteiger partial charge in [-0.2, -0.15) is 0 Å². The molecule has 0 aliphatic carbocycles. The molecule has 2 aromatic heterocycles. The number of nitrogens with one attached hydrogen (secondary N) is 1. The topological polar surface area (TPSA) is 84.5 Å². The summed E-state index contributed by atoms with van der Waals surface area (Å²) >= 11 is 1.44. The first-order valence-corrected chi connectivity index (χ1v) is 10.8. The number of amides is 2. The van der Waals surface area contributed by atoms with Crippen molar-refractivity contribution in [2.45, 2.75) is 19.5 Å². The average molecular weight is 433 g/mol. The Morgan fingerprint density at radius 3 is 2.77 bits per heavy atom. The number of carbonyl (C=O) groups is 2. The van der Waals surface area contributed by atoms with Gasteiger partial charge in [-0.25, -0.2) is 4.79 Å². The van der Waals surface area contributed by atoms with Gasteiger partial charge in [-0.05, 0) is 53.3 Å².